The molecule has 94 valence electrons. The van der Waals surface area contributed by atoms with Gasteiger partial charge in [0, 0.05) is 4.88 Å². The zero-order valence-electron chi connectivity index (χ0n) is 10.2. The highest BCUT2D eigenvalue weighted by Crippen LogP contribution is 2.22. The quantitative estimate of drug-likeness (QED) is 0.846. The van der Waals surface area contributed by atoms with Gasteiger partial charge in [-0.1, -0.05) is 0 Å². The Balaban J connectivity index is 2.73. The molecule has 2 amide bonds. The Morgan fingerprint density at radius 2 is 2.00 bits per heavy atom. The molecule has 1 rings (SSSR count). The van der Waals surface area contributed by atoms with Crippen LogP contribution >= 0.6 is 11.3 Å². The van der Waals surface area contributed by atoms with Crippen LogP contribution < -0.4 is 11.1 Å². The summed E-state index contributed by atoms with van der Waals surface area (Å²) in [4.78, 5) is 27.0. The van der Waals surface area contributed by atoms with Crippen LogP contribution in [0.2, 0.25) is 0 Å². The van der Waals surface area contributed by atoms with Crippen LogP contribution in [0, 0.1) is 6.92 Å². The Hall–Kier alpha value is -1.63. The fourth-order valence-corrected chi connectivity index (χ4v) is 1.87. The SMILES string of the molecule is Cc1sc(NC(=O)OC(C)(C)C)nc1C(N)=O. The molecule has 1 aromatic heterocycles. The second-order valence-electron chi connectivity index (χ2n) is 4.41. The van der Waals surface area contributed by atoms with Gasteiger partial charge in [-0.05, 0) is 27.7 Å². The number of ether oxygens (including phenoxy) is 1. The van der Waals surface area contributed by atoms with Gasteiger partial charge in [0.05, 0.1) is 0 Å². The number of thiazole rings is 1. The molecule has 0 atom stereocenters. The molecule has 0 radical (unpaired) electrons. The van der Waals surface area contributed by atoms with E-state index < -0.39 is 17.6 Å². The number of carbonyl (C=O) groups excluding carboxylic acids is 2. The minimum Gasteiger partial charge on any atom is -0.444 e. The lowest BCUT2D eigenvalue weighted by molar-refractivity contribution is 0.0635. The molecule has 0 aliphatic carbocycles. The average Bonchev–Trinajstić information content (AvgIpc) is 2.42. The van der Waals surface area contributed by atoms with Crippen LogP contribution in [0.25, 0.3) is 0 Å². The highest BCUT2D eigenvalue weighted by Gasteiger charge is 2.19. The molecule has 7 heteroatoms. The van der Waals surface area contributed by atoms with Gasteiger partial charge < -0.3 is 10.5 Å². The molecule has 17 heavy (non-hydrogen) atoms. The van der Waals surface area contributed by atoms with E-state index in [1.165, 1.54) is 11.3 Å². The van der Waals surface area contributed by atoms with Gasteiger partial charge in [0.25, 0.3) is 5.91 Å². The van der Waals surface area contributed by atoms with Gasteiger partial charge >= 0.3 is 6.09 Å². The first-order valence-electron chi connectivity index (χ1n) is 4.96. The molecule has 0 saturated heterocycles. The summed E-state index contributed by atoms with van der Waals surface area (Å²) in [6.45, 7) is 6.98. The summed E-state index contributed by atoms with van der Waals surface area (Å²) in [5.74, 6) is -0.615. The zero-order chi connectivity index (χ0) is 13.2. The maximum atomic E-state index is 11.4. The number of carbonyl (C=O) groups is 2. The third kappa shape index (κ3) is 4.03. The number of hydrogen-bond acceptors (Lipinski definition) is 5. The number of aryl methyl sites for hydroxylation is 1. The number of nitrogens with two attached hydrogens (primary N) is 1. The Labute approximate surface area is 103 Å². The molecule has 0 unspecified atom stereocenters. The van der Waals surface area contributed by atoms with E-state index in [0.717, 1.165) is 0 Å². The van der Waals surface area contributed by atoms with Crippen molar-refractivity contribution < 1.29 is 14.3 Å². The van der Waals surface area contributed by atoms with Crippen LogP contribution in [0.5, 0.6) is 0 Å². The lowest BCUT2D eigenvalue weighted by Gasteiger charge is -2.18. The third-order valence-corrected chi connectivity index (χ3v) is 2.52. The van der Waals surface area contributed by atoms with Crippen LogP contribution in [0.3, 0.4) is 0 Å². The molecular weight excluding hydrogens is 242 g/mol. The van der Waals surface area contributed by atoms with E-state index in [9.17, 15) is 9.59 Å². The van der Waals surface area contributed by atoms with Crippen LogP contribution in [-0.4, -0.2) is 22.6 Å². The zero-order valence-corrected chi connectivity index (χ0v) is 11.0. The molecule has 1 heterocycles. The Bertz CT molecular complexity index is 448. The molecule has 0 saturated carbocycles. The normalized spacial score (nSPS) is 11.1. The average molecular weight is 257 g/mol. The first-order chi connectivity index (χ1) is 7.69. The number of nitrogens with one attached hydrogen (secondary N) is 1. The Kier molecular flexibility index (Phi) is 3.72. The molecule has 1 aromatic rings. The van der Waals surface area contributed by atoms with Gasteiger partial charge in [-0.15, -0.1) is 11.3 Å². The summed E-state index contributed by atoms with van der Waals surface area (Å²) in [6.07, 6.45) is -0.609. The highest BCUT2D eigenvalue weighted by atomic mass is 32.1. The first-order valence-corrected chi connectivity index (χ1v) is 5.78. The van der Waals surface area contributed by atoms with Crippen LogP contribution in [0.15, 0.2) is 0 Å². The number of amides is 2. The van der Waals surface area contributed by atoms with Crippen molar-refractivity contribution in [3.8, 4) is 0 Å². The molecule has 0 bridgehead atoms. The van der Waals surface area contributed by atoms with E-state index in [1.807, 2.05) is 0 Å². The van der Waals surface area contributed by atoms with E-state index in [-0.39, 0.29) is 5.69 Å². The van der Waals surface area contributed by atoms with E-state index >= 15 is 0 Å². The van der Waals surface area contributed by atoms with Crippen molar-refractivity contribution in [2.24, 2.45) is 5.73 Å². The molecule has 0 aromatic carbocycles. The monoisotopic (exact) mass is 257 g/mol. The topological polar surface area (TPSA) is 94.3 Å². The van der Waals surface area contributed by atoms with Crippen molar-refractivity contribution in [3.63, 3.8) is 0 Å². The first kappa shape index (κ1) is 13.4. The second kappa shape index (κ2) is 4.70. The van der Waals surface area contributed by atoms with Gasteiger partial charge in [-0.3, -0.25) is 10.1 Å². The molecule has 0 spiro atoms. The predicted molar refractivity (Wildman–Crippen MR) is 65.2 cm³/mol. The number of primary amides is 1. The van der Waals surface area contributed by atoms with Crippen molar-refractivity contribution in [3.05, 3.63) is 10.6 Å². The van der Waals surface area contributed by atoms with Crippen molar-refractivity contribution in [1.82, 2.24) is 4.98 Å². The maximum Gasteiger partial charge on any atom is 0.413 e. The molecular formula is C10H15N3O3S. The smallest absolute Gasteiger partial charge is 0.413 e. The number of anilines is 1. The minimum absolute atomic E-state index is 0.168. The van der Waals surface area contributed by atoms with E-state index in [0.29, 0.717) is 10.0 Å². The van der Waals surface area contributed by atoms with Gasteiger partial charge in [-0.25, -0.2) is 9.78 Å². The van der Waals surface area contributed by atoms with Gasteiger partial charge in [-0.2, -0.15) is 0 Å². The van der Waals surface area contributed by atoms with E-state index in [1.54, 1.807) is 27.7 Å². The molecule has 0 fully saturated rings. The summed E-state index contributed by atoms with van der Waals surface area (Å²) in [6, 6.07) is 0. The lowest BCUT2D eigenvalue weighted by atomic mass is 10.2. The van der Waals surface area contributed by atoms with Crippen LogP contribution in [-0.2, 0) is 4.74 Å². The number of hydrogen-bond donors (Lipinski definition) is 2. The van der Waals surface area contributed by atoms with Gasteiger partial charge in [0.1, 0.15) is 11.3 Å². The van der Waals surface area contributed by atoms with Crippen molar-refractivity contribution >= 4 is 28.5 Å². The van der Waals surface area contributed by atoms with Crippen LogP contribution in [0.4, 0.5) is 9.93 Å². The van der Waals surface area contributed by atoms with E-state index in [2.05, 4.69) is 10.3 Å². The molecule has 0 aliphatic heterocycles. The van der Waals surface area contributed by atoms with Gasteiger partial charge in [0.2, 0.25) is 0 Å². The fraction of sp³-hybridized carbons (Fsp3) is 0.500. The lowest BCUT2D eigenvalue weighted by Crippen LogP contribution is -2.27. The minimum atomic E-state index is -0.615. The maximum absolute atomic E-state index is 11.4. The van der Waals surface area contributed by atoms with Crippen molar-refractivity contribution in [2.45, 2.75) is 33.3 Å². The summed E-state index contributed by atoms with van der Waals surface area (Å²) in [5, 5.41) is 2.75. The summed E-state index contributed by atoms with van der Waals surface area (Å²) in [5.41, 5.74) is 4.71. The Morgan fingerprint density at radius 1 is 1.41 bits per heavy atom. The van der Waals surface area contributed by atoms with Crippen LogP contribution in [0.1, 0.15) is 36.1 Å². The Morgan fingerprint density at radius 3 is 2.41 bits per heavy atom. The summed E-state index contributed by atoms with van der Waals surface area (Å²) < 4.78 is 5.05. The number of rotatable bonds is 2. The fourth-order valence-electron chi connectivity index (χ4n) is 1.07. The highest BCUT2D eigenvalue weighted by molar-refractivity contribution is 7.16. The standard InChI is InChI=1S/C10H15N3O3S/c1-5-6(7(11)14)12-8(17-5)13-9(15)16-10(2,3)4/h1-4H3,(H2,11,14)(H,12,13,15). The largest absolute Gasteiger partial charge is 0.444 e. The summed E-state index contributed by atoms with van der Waals surface area (Å²) >= 11 is 1.17. The molecule has 6 nitrogen and oxygen atoms in total. The van der Waals surface area contributed by atoms with Gasteiger partial charge in [0.15, 0.2) is 5.13 Å². The predicted octanol–water partition coefficient (Wildman–Crippen LogP) is 1.90. The second-order valence-corrected chi connectivity index (χ2v) is 5.62. The summed E-state index contributed by atoms with van der Waals surface area (Å²) in [7, 11) is 0. The van der Waals surface area contributed by atoms with Crippen molar-refractivity contribution in [1.29, 1.82) is 0 Å². The number of aromatic nitrogens is 1. The van der Waals surface area contributed by atoms with Crippen molar-refractivity contribution in [2.75, 3.05) is 5.32 Å². The molecule has 0 aliphatic rings. The van der Waals surface area contributed by atoms with E-state index in [4.69, 9.17) is 10.5 Å². The number of nitrogens with zero attached hydrogens (tertiary/aromatic N) is 1. The molecule has 3 N–H and O–H groups in total. The third-order valence-electron chi connectivity index (χ3n) is 1.64.